The molecule has 1 rings (SSSR count). The van der Waals surface area contributed by atoms with Crippen LogP contribution in [-0.4, -0.2) is 37.7 Å². The molecule has 0 fully saturated rings. The van der Waals surface area contributed by atoms with Crippen LogP contribution in [-0.2, 0) is 14.3 Å². The van der Waals surface area contributed by atoms with E-state index in [1.807, 2.05) is 25.2 Å². The van der Waals surface area contributed by atoms with Crippen molar-refractivity contribution in [2.24, 2.45) is 0 Å². The van der Waals surface area contributed by atoms with Crippen LogP contribution in [0, 0.1) is 13.8 Å². The van der Waals surface area contributed by atoms with Crippen molar-refractivity contribution in [3.8, 4) is 5.75 Å². The topological polar surface area (TPSA) is 93.7 Å². The normalized spacial score (nSPS) is 11.3. The van der Waals surface area contributed by atoms with E-state index in [1.54, 1.807) is 12.1 Å². The predicted molar refractivity (Wildman–Crippen MR) is 79.6 cm³/mol. The molecule has 0 saturated carbocycles. The zero-order chi connectivity index (χ0) is 16.7. The predicted octanol–water partition coefficient (Wildman–Crippen LogP) is 1.07. The number of carbonyl (C=O) groups is 3. The highest BCUT2D eigenvalue weighted by molar-refractivity contribution is 5.97. The summed E-state index contributed by atoms with van der Waals surface area (Å²) in [5, 5.41) is 4.24. The van der Waals surface area contributed by atoms with Crippen LogP contribution in [0.25, 0.3) is 0 Å². The van der Waals surface area contributed by atoms with E-state index in [0.29, 0.717) is 5.75 Å². The SMILES string of the molecule is CNC(=O)NC(=O)[C@@H](C)OC(=O)COc1cc(C)cc(C)c1. The molecule has 7 heteroatoms. The maximum Gasteiger partial charge on any atom is 0.344 e. The Morgan fingerprint density at radius 3 is 2.27 bits per heavy atom. The summed E-state index contributed by atoms with van der Waals surface area (Å²) in [5.41, 5.74) is 2.03. The number of carbonyl (C=O) groups excluding carboxylic acids is 3. The largest absolute Gasteiger partial charge is 0.482 e. The Hall–Kier alpha value is -2.57. The number of hydrogen-bond acceptors (Lipinski definition) is 5. The fourth-order valence-electron chi connectivity index (χ4n) is 1.72. The molecule has 0 aliphatic rings. The molecule has 0 bridgehead atoms. The molecule has 2 N–H and O–H groups in total. The van der Waals surface area contributed by atoms with Gasteiger partial charge in [0.2, 0.25) is 0 Å². The standard InChI is InChI=1S/C15H20N2O5/c1-9-5-10(2)7-12(6-9)21-8-13(18)22-11(3)14(19)17-15(20)16-4/h5-7,11H,8H2,1-4H3,(H2,16,17,19,20)/t11-/m1/s1. The van der Waals surface area contributed by atoms with Gasteiger partial charge in [-0.2, -0.15) is 0 Å². The Labute approximate surface area is 129 Å². The molecule has 1 atom stereocenters. The number of benzene rings is 1. The number of nitrogens with one attached hydrogen (secondary N) is 2. The van der Waals surface area contributed by atoms with Gasteiger partial charge in [-0.1, -0.05) is 6.07 Å². The second kappa shape index (κ2) is 8.02. The van der Waals surface area contributed by atoms with E-state index in [0.717, 1.165) is 11.1 Å². The van der Waals surface area contributed by atoms with Gasteiger partial charge < -0.3 is 14.8 Å². The van der Waals surface area contributed by atoms with Crippen LogP contribution in [0.3, 0.4) is 0 Å². The number of aryl methyl sites for hydroxylation is 2. The zero-order valence-corrected chi connectivity index (χ0v) is 13.1. The maximum absolute atomic E-state index is 11.6. The van der Waals surface area contributed by atoms with Crippen molar-refractivity contribution in [2.75, 3.05) is 13.7 Å². The summed E-state index contributed by atoms with van der Waals surface area (Å²) in [5.74, 6) is -0.852. The Balaban J connectivity index is 2.45. The molecule has 0 aromatic heterocycles. The molecular formula is C15H20N2O5. The van der Waals surface area contributed by atoms with Crippen LogP contribution in [0.2, 0.25) is 0 Å². The van der Waals surface area contributed by atoms with Crippen molar-refractivity contribution in [1.29, 1.82) is 0 Å². The van der Waals surface area contributed by atoms with Crippen molar-refractivity contribution in [3.05, 3.63) is 29.3 Å². The van der Waals surface area contributed by atoms with E-state index in [1.165, 1.54) is 14.0 Å². The molecule has 0 radical (unpaired) electrons. The van der Waals surface area contributed by atoms with Crippen LogP contribution in [0.1, 0.15) is 18.1 Å². The second-order valence-electron chi connectivity index (χ2n) is 4.81. The molecule has 120 valence electrons. The number of imide groups is 1. The average molecular weight is 308 g/mol. The Morgan fingerprint density at radius 1 is 1.14 bits per heavy atom. The van der Waals surface area contributed by atoms with Crippen LogP contribution >= 0.6 is 0 Å². The van der Waals surface area contributed by atoms with Gasteiger partial charge in [-0.3, -0.25) is 10.1 Å². The smallest absolute Gasteiger partial charge is 0.344 e. The van der Waals surface area contributed by atoms with E-state index < -0.39 is 24.0 Å². The molecule has 0 spiro atoms. The molecule has 1 aromatic carbocycles. The van der Waals surface area contributed by atoms with Crippen LogP contribution in [0.5, 0.6) is 5.75 Å². The van der Waals surface area contributed by atoms with Crippen LogP contribution in [0.15, 0.2) is 18.2 Å². The summed E-state index contributed by atoms with van der Waals surface area (Å²) >= 11 is 0. The number of esters is 1. The van der Waals surface area contributed by atoms with E-state index in [2.05, 4.69) is 5.32 Å². The molecule has 0 aliphatic heterocycles. The Morgan fingerprint density at radius 2 is 1.73 bits per heavy atom. The minimum absolute atomic E-state index is 0.319. The highest BCUT2D eigenvalue weighted by Crippen LogP contribution is 2.16. The van der Waals surface area contributed by atoms with Crippen molar-refractivity contribution in [3.63, 3.8) is 0 Å². The van der Waals surface area contributed by atoms with Gasteiger partial charge in [0.15, 0.2) is 12.7 Å². The third-order valence-electron chi connectivity index (χ3n) is 2.69. The van der Waals surface area contributed by atoms with Crippen LogP contribution < -0.4 is 15.4 Å². The summed E-state index contributed by atoms with van der Waals surface area (Å²) in [6, 6.07) is 4.90. The second-order valence-corrected chi connectivity index (χ2v) is 4.81. The molecule has 22 heavy (non-hydrogen) atoms. The molecular weight excluding hydrogens is 288 g/mol. The van der Waals surface area contributed by atoms with Gasteiger partial charge >= 0.3 is 12.0 Å². The summed E-state index contributed by atoms with van der Waals surface area (Å²) in [7, 11) is 1.37. The highest BCUT2D eigenvalue weighted by Gasteiger charge is 2.19. The fraction of sp³-hybridized carbons (Fsp3) is 0.400. The highest BCUT2D eigenvalue weighted by atomic mass is 16.6. The Bertz CT molecular complexity index is 551. The first-order valence-electron chi connectivity index (χ1n) is 6.75. The monoisotopic (exact) mass is 308 g/mol. The summed E-state index contributed by atoms with van der Waals surface area (Å²) in [6.45, 7) is 4.89. The number of amides is 3. The molecule has 0 unspecified atom stereocenters. The lowest BCUT2D eigenvalue weighted by Crippen LogP contribution is -2.43. The molecule has 7 nitrogen and oxygen atoms in total. The minimum Gasteiger partial charge on any atom is -0.482 e. The van der Waals surface area contributed by atoms with E-state index in [-0.39, 0.29) is 6.61 Å². The summed E-state index contributed by atoms with van der Waals surface area (Å²) in [6.07, 6.45) is -1.09. The van der Waals surface area contributed by atoms with Gasteiger partial charge in [-0.25, -0.2) is 9.59 Å². The third kappa shape index (κ3) is 5.82. The van der Waals surface area contributed by atoms with E-state index in [4.69, 9.17) is 9.47 Å². The van der Waals surface area contributed by atoms with Gasteiger partial charge in [0.05, 0.1) is 0 Å². The average Bonchev–Trinajstić information content (AvgIpc) is 2.43. The summed E-state index contributed by atoms with van der Waals surface area (Å²) in [4.78, 5) is 34.1. The molecule has 0 aliphatic carbocycles. The van der Waals surface area contributed by atoms with Crippen LogP contribution in [0.4, 0.5) is 4.79 Å². The van der Waals surface area contributed by atoms with Crippen molar-refractivity contribution >= 4 is 17.9 Å². The lowest BCUT2D eigenvalue weighted by molar-refractivity contribution is -0.156. The van der Waals surface area contributed by atoms with Gasteiger partial charge in [0.1, 0.15) is 5.75 Å². The first-order chi connectivity index (χ1) is 10.3. The molecule has 0 heterocycles. The summed E-state index contributed by atoms with van der Waals surface area (Å²) < 4.78 is 10.2. The number of urea groups is 1. The lowest BCUT2D eigenvalue weighted by atomic mass is 10.1. The van der Waals surface area contributed by atoms with Crippen molar-refractivity contribution in [1.82, 2.24) is 10.6 Å². The fourth-order valence-corrected chi connectivity index (χ4v) is 1.72. The zero-order valence-electron chi connectivity index (χ0n) is 13.1. The van der Waals surface area contributed by atoms with E-state index in [9.17, 15) is 14.4 Å². The van der Waals surface area contributed by atoms with Gasteiger partial charge in [-0.15, -0.1) is 0 Å². The van der Waals surface area contributed by atoms with Gasteiger partial charge in [-0.05, 0) is 44.0 Å². The number of rotatable bonds is 5. The molecule has 1 aromatic rings. The number of hydrogen-bond donors (Lipinski definition) is 2. The quantitative estimate of drug-likeness (QED) is 0.794. The van der Waals surface area contributed by atoms with E-state index >= 15 is 0 Å². The third-order valence-corrected chi connectivity index (χ3v) is 2.69. The maximum atomic E-state index is 11.6. The minimum atomic E-state index is -1.09. The Kier molecular flexibility index (Phi) is 6.37. The van der Waals surface area contributed by atoms with Crippen molar-refractivity contribution < 1.29 is 23.9 Å². The van der Waals surface area contributed by atoms with Crippen molar-refractivity contribution in [2.45, 2.75) is 26.9 Å². The van der Waals surface area contributed by atoms with Gasteiger partial charge in [0, 0.05) is 7.05 Å². The molecule has 0 saturated heterocycles. The first-order valence-corrected chi connectivity index (χ1v) is 6.75. The first kappa shape index (κ1) is 17.5. The van der Waals surface area contributed by atoms with Gasteiger partial charge in [0.25, 0.3) is 5.91 Å². The molecule has 3 amide bonds. The lowest BCUT2D eigenvalue weighted by Gasteiger charge is -2.13. The number of ether oxygens (including phenoxy) is 2.